The van der Waals surface area contributed by atoms with Gasteiger partial charge in [-0.05, 0) is 43.4 Å². The Kier molecular flexibility index (Phi) is 3.00. The molecule has 1 fully saturated rings. The summed E-state index contributed by atoms with van der Waals surface area (Å²) in [5.41, 5.74) is 6.33. The van der Waals surface area contributed by atoms with Crippen LogP contribution < -0.4 is 5.73 Å². The van der Waals surface area contributed by atoms with E-state index >= 15 is 0 Å². The number of rotatable bonds is 4. The summed E-state index contributed by atoms with van der Waals surface area (Å²) in [5.74, 6) is 0.665. The third-order valence-corrected chi connectivity index (χ3v) is 4.19. The molecule has 1 atom stereocenters. The molecule has 1 aliphatic carbocycles. The van der Waals surface area contributed by atoms with Gasteiger partial charge in [0.25, 0.3) is 0 Å². The first-order valence-corrected chi connectivity index (χ1v) is 6.90. The van der Waals surface area contributed by atoms with Gasteiger partial charge in [-0.3, -0.25) is 0 Å². The van der Waals surface area contributed by atoms with Gasteiger partial charge in [0.2, 0.25) is 0 Å². The van der Waals surface area contributed by atoms with Crippen LogP contribution in [0.1, 0.15) is 25.3 Å². The lowest BCUT2D eigenvalue weighted by atomic mass is 9.90. The molecular weight excluding hydrogens is 257 g/mol. The third kappa shape index (κ3) is 2.28. The molecule has 3 rings (SSSR count). The van der Waals surface area contributed by atoms with Crippen LogP contribution in [0.15, 0.2) is 29.3 Å². The minimum Gasteiger partial charge on any atom is -0.385 e. The number of carbonyl (C=O) groups excluding carboxylic acids is 1. The van der Waals surface area contributed by atoms with E-state index in [9.17, 15) is 9.18 Å². The molecule has 1 aromatic rings. The van der Waals surface area contributed by atoms with E-state index in [1.165, 1.54) is 12.1 Å². The summed E-state index contributed by atoms with van der Waals surface area (Å²) >= 11 is 0. The fraction of sp³-hybridized carbons (Fsp3) is 0.467. The molecule has 2 aliphatic rings. The molecule has 20 heavy (non-hydrogen) atoms. The normalized spacial score (nSPS) is 26.0. The van der Waals surface area contributed by atoms with Crippen LogP contribution in [0.3, 0.4) is 0 Å². The number of carbonyl (C=O) groups is 1. The standard InChI is InChI=1S/C15H18FN3O/c1-15(8-10-4-6-12(16)7-5-10)13(17)18-14(20)19(15)9-11-2-3-11/h4-7,11H,2-3,8-9H2,1H3,(H2,17,18,20). The quantitative estimate of drug-likeness (QED) is 0.916. The number of halogens is 1. The topological polar surface area (TPSA) is 58.7 Å². The number of aliphatic imine (C=N–C) groups is 1. The van der Waals surface area contributed by atoms with Gasteiger partial charge in [0.05, 0.1) is 0 Å². The Bertz CT molecular complexity index is 565. The second-order valence-corrected chi connectivity index (χ2v) is 5.91. The van der Waals surface area contributed by atoms with Crippen LogP contribution in [0.25, 0.3) is 0 Å². The van der Waals surface area contributed by atoms with Crippen molar-refractivity contribution in [3.8, 4) is 0 Å². The second-order valence-electron chi connectivity index (χ2n) is 5.91. The highest BCUT2D eigenvalue weighted by Gasteiger charge is 2.46. The van der Waals surface area contributed by atoms with Gasteiger partial charge in [0, 0.05) is 13.0 Å². The monoisotopic (exact) mass is 275 g/mol. The van der Waals surface area contributed by atoms with Gasteiger partial charge in [-0.25, -0.2) is 9.18 Å². The Balaban J connectivity index is 1.84. The van der Waals surface area contributed by atoms with Crippen molar-refractivity contribution in [3.63, 3.8) is 0 Å². The predicted octanol–water partition coefficient (Wildman–Crippen LogP) is 2.33. The summed E-state index contributed by atoms with van der Waals surface area (Å²) in [6, 6.07) is 6.05. The third-order valence-electron chi connectivity index (χ3n) is 4.19. The van der Waals surface area contributed by atoms with Crippen molar-refractivity contribution >= 4 is 11.9 Å². The summed E-state index contributed by atoms with van der Waals surface area (Å²) in [6.07, 6.45) is 2.88. The molecule has 1 heterocycles. The first kappa shape index (κ1) is 13.1. The maximum atomic E-state index is 13.0. The highest BCUT2D eigenvalue weighted by Crippen LogP contribution is 2.35. The van der Waals surface area contributed by atoms with E-state index in [4.69, 9.17) is 5.73 Å². The molecule has 1 unspecified atom stereocenters. The number of hydrogen-bond acceptors (Lipinski definition) is 2. The second kappa shape index (κ2) is 4.58. The Morgan fingerprint density at radius 2 is 2.05 bits per heavy atom. The van der Waals surface area contributed by atoms with Gasteiger partial charge >= 0.3 is 6.03 Å². The van der Waals surface area contributed by atoms with Gasteiger partial charge in [0.1, 0.15) is 17.2 Å². The number of amidine groups is 1. The molecule has 1 aromatic carbocycles. The first-order valence-electron chi connectivity index (χ1n) is 6.90. The van der Waals surface area contributed by atoms with Crippen LogP contribution in [0, 0.1) is 11.7 Å². The van der Waals surface area contributed by atoms with Gasteiger partial charge in [-0.1, -0.05) is 12.1 Å². The van der Waals surface area contributed by atoms with Crippen molar-refractivity contribution in [2.75, 3.05) is 6.54 Å². The number of nitrogens with two attached hydrogens (primary N) is 1. The van der Waals surface area contributed by atoms with Crippen molar-refractivity contribution in [1.82, 2.24) is 4.90 Å². The van der Waals surface area contributed by atoms with Crippen molar-refractivity contribution in [2.24, 2.45) is 16.6 Å². The Labute approximate surface area is 117 Å². The minimum absolute atomic E-state index is 0.251. The van der Waals surface area contributed by atoms with Gasteiger partial charge in [0.15, 0.2) is 0 Å². The van der Waals surface area contributed by atoms with Gasteiger partial charge in [-0.15, -0.1) is 0 Å². The Morgan fingerprint density at radius 1 is 1.40 bits per heavy atom. The molecule has 0 bridgehead atoms. The average Bonchev–Trinajstić information content (AvgIpc) is 3.18. The highest BCUT2D eigenvalue weighted by molar-refractivity contribution is 6.05. The van der Waals surface area contributed by atoms with Crippen LogP contribution in [0.4, 0.5) is 9.18 Å². The van der Waals surface area contributed by atoms with Crippen LogP contribution in [0.2, 0.25) is 0 Å². The van der Waals surface area contributed by atoms with Crippen molar-refractivity contribution < 1.29 is 9.18 Å². The lowest BCUT2D eigenvalue weighted by Crippen LogP contribution is -2.54. The number of nitrogens with zero attached hydrogens (tertiary/aromatic N) is 2. The molecule has 2 amide bonds. The molecule has 0 saturated heterocycles. The number of urea groups is 1. The Hall–Kier alpha value is -1.91. The maximum absolute atomic E-state index is 13.0. The molecule has 0 spiro atoms. The van der Waals surface area contributed by atoms with E-state index in [1.54, 1.807) is 17.0 Å². The molecule has 4 nitrogen and oxygen atoms in total. The molecule has 106 valence electrons. The highest BCUT2D eigenvalue weighted by atomic mass is 19.1. The van der Waals surface area contributed by atoms with E-state index < -0.39 is 5.54 Å². The van der Waals surface area contributed by atoms with Gasteiger partial charge in [-0.2, -0.15) is 4.99 Å². The van der Waals surface area contributed by atoms with Gasteiger partial charge < -0.3 is 10.6 Å². The summed E-state index contributed by atoms with van der Waals surface area (Å²) in [7, 11) is 0. The van der Waals surface area contributed by atoms with Crippen LogP contribution in [0.5, 0.6) is 0 Å². The van der Waals surface area contributed by atoms with E-state index in [-0.39, 0.29) is 11.8 Å². The lowest BCUT2D eigenvalue weighted by molar-refractivity contribution is 0.174. The number of hydrogen-bond donors (Lipinski definition) is 1. The summed E-state index contributed by atoms with van der Waals surface area (Å²) < 4.78 is 13.0. The predicted molar refractivity (Wildman–Crippen MR) is 75.0 cm³/mol. The van der Waals surface area contributed by atoms with Crippen molar-refractivity contribution in [1.29, 1.82) is 0 Å². The molecule has 1 saturated carbocycles. The lowest BCUT2D eigenvalue weighted by Gasteiger charge is -2.35. The van der Waals surface area contributed by atoms with Crippen LogP contribution in [-0.2, 0) is 6.42 Å². The number of benzene rings is 1. The van der Waals surface area contributed by atoms with Crippen molar-refractivity contribution in [2.45, 2.75) is 31.7 Å². The fourth-order valence-corrected chi connectivity index (χ4v) is 2.66. The molecular formula is C15H18FN3O. The van der Waals surface area contributed by atoms with E-state index in [2.05, 4.69) is 4.99 Å². The van der Waals surface area contributed by atoms with Crippen LogP contribution in [-0.4, -0.2) is 28.9 Å². The molecule has 5 heteroatoms. The summed E-state index contributed by atoms with van der Waals surface area (Å²) in [6.45, 7) is 2.64. The first-order chi connectivity index (χ1) is 9.49. The molecule has 0 radical (unpaired) electrons. The zero-order valence-electron chi connectivity index (χ0n) is 11.5. The molecule has 2 N–H and O–H groups in total. The summed E-state index contributed by atoms with van der Waals surface area (Å²) in [4.78, 5) is 17.7. The molecule has 1 aliphatic heterocycles. The summed E-state index contributed by atoms with van der Waals surface area (Å²) in [5, 5.41) is 0. The SMILES string of the molecule is CC1(Cc2ccc(F)cc2)C(N)=NC(=O)N1CC1CC1. The van der Waals surface area contributed by atoms with E-state index in [1.807, 2.05) is 6.92 Å². The number of amides is 2. The van der Waals surface area contributed by atoms with Crippen molar-refractivity contribution in [3.05, 3.63) is 35.6 Å². The zero-order chi connectivity index (χ0) is 14.3. The zero-order valence-corrected chi connectivity index (χ0v) is 11.5. The Morgan fingerprint density at radius 3 is 2.65 bits per heavy atom. The minimum atomic E-state index is -0.600. The smallest absolute Gasteiger partial charge is 0.346 e. The van der Waals surface area contributed by atoms with Crippen LogP contribution >= 0.6 is 0 Å². The average molecular weight is 275 g/mol. The largest absolute Gasteiger partial charge is 0.385 e. The van der Waals surface area contributed by atoms with E-state index in [0.717, 1.165) is 18.4 Å². The van der Waals surface area contributed by atoms with E-state index in [0.29, 0.717) is 24.7 Å². The fourth-order valence-electron chi connectivity index (χ4n) is 2.66. The maximum Gasteiger partial charge on any atom is 0.346 e. The molecule has 0 aromatic heterocycles.